The second-order valence-corrected chi connectivity index (χ2v) is 5.48. The van der Waals surface area contributed by atoms with E-state index in [1.165, 1.54) is 19.2 Å². The Labute approximate surface area is 154 Å². The molecule has 138 valence electrons. The number of esters is 1. The fourth-order valence-corrected chi connectivity index (χ4v) is 2.35. The van der Waals surface area contributed by atoms with Gasteiger partial charge in [-0.2, -0.15) is 0 Å². The van der Waals surface area contributed by atoms with Gasteiger partial charge in [-0.25, -0.2) is 9.59 Å². The first-order valence-electron chi connectivity index (χ1n) is 7.95. The number of carbonyl (C=O) groups is 2. The van der Waals surface area contributed by atoms with E-state index >= 15 is 0 Å². The van der Waals surface area contributed by atoms with Crippen LogP contribution in [0.4, 0.5) is 0 Å². The van der Waals surface area contributed by atoms with Gasteiger partial charge in [0.25, 0.3) is 0 Å². The Balaban J connectivity index is 1.72. The lowest BCUT2D eigenvalue weighted by atomic mass is 10.2. The molecule has 0 bridgehead atoms. The van der Waals surface area contributed by atoms with Gasteiger partial charge in [-0.1, -0.05) is 30.3 Å². The molecule has 0 spiro atoms. The summed E-state index contributed by atoms with van der Waals surface area (Å²) >= 11 is 0. The number of carboxylic acids is 1. The molecule has 3 aromatic rings. The molecule has 0 radical (unpaired) electrons. The quantitative estimate of drug-likeness (QED) is 0.501. The van der Waals surface area contributed by atoms with Gasteiger partial charge in [0.1, 0.15) is 36.0 Å². The van der Waals surface area contributed by atoms with Crippen LogP contribution in [-0.4, -0.2) is 24.2 Å². The third-order valence-corrected chi connectivity index (χ3v) is 3.70. The van der Waals surface area contributed by atoms with Crippen molar-refractivity contribution in [3.05, 3.63) is 77.7 Å². The lowest BCUT2D eigenvalue weighted by Crippen LogP contribution is -2.12. The van der Waals surface area contributed by atoms with Gasteiger partial charge in [0.15, 0.2) is 11.5 Å². The van der Waals surface area contributed by atoms with Gasteiger partial charge in [-0.15, -0.1) is 0 Å². The van der Waals surface area contributed by atoms with Crippen LogP contribution in [0.15, 0.2) is 65.5 Å². The zero-order valence-corrected chi connectivity index (χ0v) is 14.4. The zero-order valence-electron chi connectivity index (χ0n) is 14.4. The van der Waals surface area contributed by atoms with Crippen LogP contribution < -0.4 is 14.2 Å². The average molecular weight is 368 g/mol. The summed E-state index contributed by atoms with van der Waals surface area (Å²) in [6, 6.07) is 14.3. The minimum Gasteiger partial charge on any atom is -0.493 e. The molecule has 0 aliphatic heterocycles. The molecular formula is C20H16O7. The second kappa shape index (κ2) is 8.09. The van der Waals surface area contributed by atoms with Crippen LogP contribution in [0.3, 0.4) is 0 Å². The fourth-order valence-electron chi connectivity index (χ4n) is 2.35. The molecular weight excluding hydrogens is 352 g/mol. The summed E-state index contributed by atoms with van der Waals surface area (Å²) in [5.74, 6) is -1.09. The van der Waals surface area contributed by atoms with Crippen molar-refractivity contribution < 1.29 is 33.3 Å². The van der Waals surface area contributed by atoms with Crippen molar-refractivity contribution in [1.29, 1.82) is 0 Å². The molecule has 2 aromatic carbocycles. The van der Waals surface area contributed by atoms with E-state index < -0.39 is 11.9 Å². The molecule has 1 aromatic heterocycles. The highest BCUT2D eigenvalue weighted by molar-refractivity contribution is 6.02. The second-order valence-electron chi connectivity index (χ2n) is 5.48. The minimum atomic E-state index is -1.28. The Kier molecular flexibility index (Phi) is 5.41. The summed E-state index contributed by atoms with van der Waals surface area (Å²) in [5.41, 5.74) is 0.553. The van der Waals surface area contributed by atoms with Crippen molar-refractivity contribution in [2.45, 2.75) is 6.61 Å². The maximum absolute atomic E-state index is 12.2. The van der Waals surface area contributed by atoms with Crippen LogP contribution >= 0.6 is 0 Å². The number of aromatic carboxylic acids is 1. The van der Waals surface area contributed by atoms with E-state index in [0.717, 1.165) is 18.1 Å². The third kappa shape index (κ3) is 4.27. The molecule has 0 aliphatic rings. The van der Waals surface area contributed by atoms with E-state index in [2.05, 4.69) is 0 Å². The van der Waals surface area contributed by atoms with Crippen LogP contribution in [0.25, 0.3) is 0 Å². The van der Waals surface area contributed by atoms with Gasteiger partial charge >= 0.3 is 11.9 Å². The Morgan fingerprint density at radius 2 is 1.74 bits per heavy atom. The highest BCUT2D eigenvalue weighted by Gasteiger charge is 2.21. The van der Waals surface area contributed by atoms with Crippen LogP contribution in [0, 0.1) is 0 Å². The van der Waals surface area contributed by atoms with Crippen molar-refractivity contribution in [2.24, 2.45) is 0 Å². The number of hydrogen-bond donors (Lipinski definition) is 1. The van der Waals surface area contributed by atoms with E-state index in [9.17, 15) is 9.59 Å². The largest absolute Gasteiger partial charge is 0.493 e. The van der Waals surface area contributed by atoms with Gasteiger partial charge in [0.05, 0.1) is 7.11 Å². The molecule has 0 unspecified atom stereocenters. The fraction of sp³-hybridized carbons (Fsp3) is 0.100. The van der Waals surface area contributed by atoms with Crippen LogP contribution in [0.1, 0.15) is 26.3 Å². The van der Waals surface area contributed by atoms with Crippen molar-refractivity contribution >= 4 is 11.9 Å². The summed E-state index contributed by atoms with van der Waals surface area (Å²) in [6.45, 7) is 0.354. The topological polar surface area (TPSA) is 95.2 Å². The number of ether oxygens (including phenoxy) is 3. The van der Waals surface area contributed by atoms with Gasteiger partial charge in [0, 0.05) is 6.07 Å². The smallest absolute Gasteiger partial charge is 0.347 e. The molecule has 7 nitrogen and oxygen atoms in total. The lowest BCUT2D eigenvalue weighted by Gasteiger charge is -2.12. The van der Waals surface area contributed by atoms with E-state index in [0.29, 0.717) is 18.1 Å². The van der Waals surface area contributed by atoms with Crippen LogP contribution in [0.5, 0.6) is 17.2 Å². The van der Waals surface area contributed by atoms with Crippen molar-refractivity contribution in [1.82, 2.24) is 0 Å². The first-order chi connectivity index (χ1) is 13.1. The average Bonchev–Trinajstić information content (AvgIpc) is 3.18. The first-order valence-corrected chi connectivity index (χ1v) is 7.95. The molecule has 0 aliphatic carbocycles. The molecule has 3 rings (SSSR count). The number of furan rings is 1. The maximum atomic E-state index is 12.2. The Bertz CT molecular complexity index is 944. The molecule has 0 amide bonds. The van der Waals surface area contributed by atoms with Gasteiger partial charge in [0.2, 0.25) is 0 Å². The monoisotopic (exact) mass is 368 g/mol. The standard InChI is InChI=1S/C20H16O7/c1-24-18-9-14(27-20(23)16-12-25-11-15(16)19(21)22)7-8-17(18)26-10-13-5-3-2-4-6-13/h2-9,11-12H,10H2,1H3,(H,21,22). The molecule has 0 fully saturated rings. The highest BCUT2D eigenvalue weighted by atomic mass is 16.5. The lowest BCUT2D eigenvalue weighted by molar-refractivity contribution is 0.0669. The molecule has 27 heavy (non-hydrogen) atoms. The van der Waals surface area contributed by atoms with Crippen molar-refractivity contribution in [3.8, 4) is 17.2 Å². The zero-order chi connectivity index (χ0) is 19.2. The van der Waals surface area contributed by atoms with Gasteiger partial charge in [-0.3, -0.25) is 0 Å². The number of carboxylic acid groups (broad SMARTS) is 1. The van der Waals surface area contributed by atoms with E-state index in [-0.39, 0.29) is 16.9 Å². The van der Waals surface area contributed by atoms with Gasteiger partial charge in [-0.05, 0) is 17.7 Å². The molecule has 0 atom stereocenters. The number of rotatable bonds is 7. The molecule has 0 saturated carbocycles. The number of benzene rings is 2. The molecule has 0 saturated heterocycles. The number of hydrogen-bond acceptors (Lipinski definition) is 6. The van der Waals surface area contributed by atoms with E-state index in [1.807, 2.05) is 30.3 Å². The predicted octanol–water partition coefficient (Wildman–Crippen LogP) is 3.78. The number of methoxy groups -OCH3 is 1. The summed E-state index contributed by atoms with van der Waals surface area (Å²) in [5, 5.41) is 9.04. The maximum Gasteiger partial charge on any atom is 0.347 e. The Morgan fingerprint density at radius 1 is 1.00 bits per heavy atom. The van der Waals surface area contributed by atoms with Crippen LogP contribution in [-0.2, 0) is 6.61 Å². The Hall–Kier alpha value is -3.74. The van der Waals surface area contributed by atoms with Crippen molar-refractivity contribution in [3.63, 3.8) is 0 Å². The normalized spacial score (nSPS) is 10.3. The summed E-state index contributed by atoms with van der Waals surface area (Å²) in [6.07, 6.45) is 2.00. The minimum absolute atomic E-state index is 0.175. The first kappa shape index (κ1) is 18.1. The summed E-state index contributed by atoms with van der Waals surface area (Å²) < 4.78 is 21.0. The van der Waals surface area contributed by atoms with E-state index in [4.69, 9.17) is 23.7 Å². The SMILES string of the molecule is COc1cc(OC(=O)c2cocc2C(=O)O)ccc1OCc1ccccc1. The highest BCUT2D eigenvalue weighted by Crippen LogP contribution is 2.32. The molecule has 1 N–H and O–H groups in total. The Morgan fingerprint density at radius 3 is 2.44 bits per heavy atom. The summed E-state index contributed by atoms with van der Waals surface area (Å²) in [4.78, 5) is 23.2. The van der Waals surface area contributed by atoms with E-state index in [1.54, 1.807) is 6.07 Å². The van der Waals surface area contributed by atoms with Crippen LogP contribution in [0.2, 0.25) is 0 Å². The van der Waals surface area contributed by atoms with Crippen molar-refractivity contribution in [2.75, 3.05) is 7.11 Å². The van der Waals surface area contributed by atoms with Gasteiger partial charge < -0.3 is 23.7 Å². The molecule has 7 heteroatoms. The summed E-state index contributed by atoms with van der Waals surface area (Å²) in [7, 11) is 1.47. The number of carbonyl (C=O) groups excluding carboxylic acids is 1. The molecule has 1 heterocycles. The third-order valence-electron chi connectivity index (χ3n) is 3.70. The predicted molar refractivity (Wildman–Crippen MR) is 94.4 cm³/mol.